The Bertz CT molecular complexity index is 299. The second kappa shape index (κ2) is 6.06. The molecule has 1 rings (SSSR count). The van der Waals surface area contributed by atoms with Gasteiger partial charge in [-0.1, -0.05) is 6.92 Å². The molecule has 1 heterocycles. The normalized spacial score (nSPS) is 12.0. The van der Waals surface area contributed by atoms with E-state index in [1.165, 1.54) is 5.56 Å². The number of hydrogen-bond acceptors (Lipinski definition) is 3. The zero-order chi connectivity index (χ0) is 12.0. The minimum atomic E-state index is -0.118. The monoisotopic (exact) mass is 225 g/mol. The van der Waals surface area contributed by atoms with Crippen LogP contribution < -0.4 is 5.32 Å². The largest absolute Gasteiger partial charge is 0.467 e. The molecule has 0 spiro atoms. The average Bonchev–Trinajstić information content (AvgIpc) is 2.62. The summed E-state index contributed by atoms with van der Waals surface area (Å²) in [5, 5.41) is 3.34. The highest BCUT2D eigenvalue weighted by Gasteiger charge is 2.11. The van der Waals surface area contributed by atoms with Crippen molar-refractivity contribution in [3.05, 3.63) is 23.7 Å². The van der Waals surface area contributed by atoms with Crippen molar-refractivity contribution >= 4 is 0 Å². The van der Waals surface area contributed by atoms with Crippen molar-refractivity contribution in [3.8, 4) is 0 Å². The molecule has 0 bridgehead atoms. The quantitative estimate of drug-likeness (QED) is 0.755. The van der Waals surface area contributed by atoms with Crippen LogP contribution >= 0.6 is 0 Å². The van der Waals surface area contributed by atoms with E-state index in [1.807, 2.05) is 20.8 Å². The third kappa shape index (κ3) is 5.33. The van der Waals surface area contributed by atoms with E-state index in [0.717, 1.165) is 25.3 Å². The second-order valence-electron chi connectivity index (χ2n) is 5.00. The van der Waals surface area contributed by atoms with Crippen molar-refractivity contribution in [1.82, 2.24) is 5.32 Å². The highest BCUT2D eigenvalue weighted by atomic mass is 16.5. The maximum atomic E-state index is 5.64. The fourth-order valence-electron chi connectivity index (χ4n) is 1.29. The molecule has 0 aliphatic heterocycles. The summed E-state index contributed by atoms with van der Waals surface area (Å²) in [6.45, 7) is 10.7. The lowest BCUT2D eigenvalue weighted by atomic mass is 10.2. The van der Waals surface area contributed by atoms with Gasteiger partial charge in [-0.3, -0.25) is 0 Å². The smallest absolute Gasteiger partial charge is 0.129 e. The Morgan fingerprint density at radius 3 is 2.75 bits per heavy atom. The number of ether oxygens (including phenoxy) is 1. The van der Waals surface area contributed by atoms with Crippen LogP contribution in [-0.2, 0) is 17.9 Å². The van der Waals surface area contributed by atoms with Gasteiger partial charge in [-0.25, -0.2) is 0 Å². The molecule has 1 aromatic heterocycles. The maximum Gasteiger partial charge on any atom is 0.129 e. The van der Waals surface area contributed by atoms with Crippen LogP contribution in [0.3, 0.4) is 0 Å². The van der Waals surface area contributed by atoms with E-state index in [4.69, 9.17) is 9.15 Å². The molecule has 1 aromatic rings. The Morgan fingerprint density at radius 1 is 1.38 bits per heavy atom. The van der Waals surface area contributed by atoms with Gasteiger partial charge in [0.1, 0.15) is 12.4 Å². The van der Waals surface area contributed by atoms with E-state index >= 15 is 0 Å². The van der Waals surface area contributed by atoms with Crippen LogP contribution in [0.2, 0.25) is 0 Å². The minimum absolute atomic E-state index is 0.118. The van der Waals surface area contributed by atoms with Crippen molar-refractivity contribution in [1.29, 1.82) is 0 Å². The predicted octanol–water partition coefficient (Wildman–Crippen LogP) is 3.09. The molecule has 0 radical (unpaired) electrons. The van der Waals surface area contributed by atoms with E-state index in [1.54, 1.807) is 6.26 Å². The number of nitrogens with one attached hydrogen (secondary N) is 1. The van der Waals surface area contributed by atoms with Gasteiger partial charge in [0.15, 0.2) is 0 Å². The van der Waals surface area contributed by atoms with Crippen molar-refractivity contribution in [2.45, 2.75) is 52.9 Å². The topological polar surface area (TPSA) is 34.4 Å². The molecular weight excluding hydrogens is 202 g/mol. The van der Waals surface area contributed by atoms with Gasteiger partial charge < -0.3 is 14.5 Å². The van der Waals surface area contributed by atoms with Crippen LogP contribution in [-0.4, -0.2) is 12.1 Å². The summed E-state index contributed by atoms with van der Waals surface area (Å²) in [6, 6.07) is 2.05. The molecule has 0 aliphatic carbocycles. The summed E-state index contributed by atoms with van der Waals surface area (Å²) in [4.78, 5) is 0. The van der Waals surface area contributed by atoms with Crippen molar-refractivity contribution in [2.75, 3.05) is 6.54 Å². The Labute approximate surface area is 98.2 Å². The zero-order valence-corrected chi connectivity index (χ0v) is 10.8. The lowest BCUT2D eigenvalue weighted by molar-refractivity contribution is -0.0224. The van der Waals surface area contributed by atoms with E-state index in [0.29, 0.717) is 6.61 Å². The lowest BCUT2D eigenvalue weighted by Crippen LogP contribution is -2.18. The van der Waals surface area contributed by atoms with Gasteiger partial charge >= 0.3 is 0 Å². The van der Waals surface area contributed by atoms with E-state index in [-0.39, 0.29) is 5.60 Å². The Morgan fingerprint density at radius 2 is 2.12 bits per heavy atom. The van der Waals surface area contributed by atoms with Crippen LogP contribution in [0.5, 0.6) is 0 Å². The molecule has 0 amide bonds. The molecule has 0 unspecified atom stereocenters. The number of rotatable bonds is 6. The summed E-state index contributed by atoms with van der Waals surface area (Å²) in [5.41, 5.74) is 1.06. The van der Waals surface area contributed by atoms with Gasteiger partial charge in [0.05, 0.1) is 11.9 Å². The third-order valence-corrected chi connectivity index (χ3v) is 2.11. The molecule has 0 saturated carbocycles. The van der Waals surface area contributed by atoms with Gasteiger partial charge in [0, 0.05) is 12.1 Å². The van der Waals surface area contributed by atoms with Gasteiger partial charge in [0.2, 0.25) is 0 Å². The Balaban J connectivity index is 2.33. The fraction of sp³-hybridized carbons (Fsp3) is 0.692. The average molecular weight is 225 g/mol. The van der Waals surface area contributed by atoms with Crippen LogP contribution in [0.1, 0.15) is 45.4 Å². The molecule has 3 heteroatoms. The van der Waals surface area contributed by atoms with Crippen LogP contribution in [0.4, 0.5) is 0 Å². The highest BCUT2D eigenvalue weighted by molar-refractivity contribution is 5.12. The standard InChI is InChI=1S/C13H23NO2/c1-5-6-14-8-11-7-12(15-9-11)10-16-13(2,3)4/h7,9,14H,5-6,8,10H2,1-4H3. The Kier molecular flexibility index (Phi) is 5.03. The molecule has 3 nitrogen and oxygen atoms in total. The SMILES string of the molecule is CCCNCc1coc(COC(C)(C)C)c1. The van der Waals surface area contributed by atoms with Crippen LogP contribution in [0, 0.1) is 0 Å². The minimum Gasteiger partial charge on any atom is -0.467 e. The number of hydrogen-bond donors (Lipinski definition) is 1. The first kappa shape index (κ1) is 13.3. The first-order chi connectivity index (χ1) is 7.51. The molecular formula is C13H23NO2. The summed E-state index contributed by atoms with van der Waals surface area (Å²) in [5.74, 6) is 0.892. The van der Waals surface area contributed by atoms with Crippen LogP contribution in [0.25, 0.3) is 0 Å². The molecule has 1 N–H and O–H groups in total. The number of furan rings is 1. The van der Waals surface area contributed by atoms with Crippen molar-refractivity contribution < 1.29 is 9.15 Å². The van der Waals surface area contributed by atoms with Crippen LogP contribution in [0.15, 0.2) is 16.7 Å². The first-order valence-corrected chi connectivity index (χ1v) is 5.92. The molecule has 0 aromatic carbocycles. The van der Waals surface area contributed by atoms with E-state index < -0.39 is 0 Å². The first-order valence-electron chi connectivity index (χ1n) is 5.92. The summed E-state index contributed by atoms with van der Waals surface area (Å²) in [7, 11) is 0. The molecule has 0 aliphatic rings. The van der Waals surface area contributed by atoms with E-state index in [2.05, 4.69) is 18.3 Å². The fourth-order valence-corrected chi connectivity index (χ4v) is 1.29. The summed E-state index contributed by atoms with van der Waals surface area (Å²) >= 11 is 0. The lowest BCUT2D eigenvalue weighted by Gasteiger charge is -2.18. The molecule has 16 heavy (non-hydrogen) atoms. The molecule has 0 saturated heterocycles. The third-order valence-electron chi connectivity index (χ3n) is 2.11. The summed E-state index contributed by atoms with van der Waals surface area (Å²) < 4.78 is 11.1. The zero-order valence-electron chi connectivity index (χ0n) is 10.8. The van der Waals surface area contributed by atoms with Gasteiger partial charge in [-0.15, -0.1) is 0 Å². The van der Waals surface area contributed by atoms with Crippen molar-refractivity contribution in [3.63, 3.8) is 0 Å². The van der Waals surface area contributed by atoms with Gasteiger partial charge in [-0.2, -0.15) is 0 Å². The van der Waals surface area contributed by atoms with Crippen molar-refractivity contribution in [2.24, 2.45) is 0 Å². The molecule has 0 fully saturated rings. The highest BCUT2D eigenvalue weighted by Crippen LogP contribution is 2.14. The molecule has 92 valence electrons. The molecule has 0 atom stereocenters. The second-order valence-corrected chi connectivity index (χ2v) is 5.00. The summed E-state index contributed by atoms with van der Waals surface area (Å²) in [6.07, 6.45) is 2.95. The van der Waals surface area contributed by atoms with E-state index in [9.17, 15) is 0 Å². The predicted molar refractivity (Wildman–Crippen MR) is 65.2 cm³/mol. The Hall–Kier alpha value is -0.800. The van der Waals surface area contributed by atoms with Gasteiger partial charge in [-0.05, 0) is 39.8 Å². The maximum absolute atomic E-state index is 5.64. The van der Waals surface area contributed by atoms with Gasteiger partial charge in [0.25, 0.3) is 0 Å².